The van der Waals surface area contributed by atoms with Crippen LogP contribution in [0.2, 0.25) is 0 Å². The number of hydrogen-bond acceptors (Lipinski definition) is 4. The van der Waals surface area contributed by atoms with E-state index in [2.05, 4.69) is 35.9 Å². The number of carbonyl (C=O) groups excluding carboxylic acids is 1. The van der Waals surface area contributed by atoms with E-state index < -0.39 is 17.6 Å². The quantitative estimate of drug-likeness (QED) is 0.901. The summed E-state index contributed by atoms with van der Waals surface area (Å²) in [5.41, 5.74) is -1.11. The third kappa shape index (κ3) is 3.16. The van der Waals surface area contributed by atoms with Gasteiger partial charge in [-0.2, -0.15) is 18.2 Å². The molecule has 0 aliphatic rings. The Hall–Kier alpha value is -1.90. The van der Waals surface area contributed by atoms with E-state index in [1.807, 2.05) is 0 Å². The Morgan fingerprint density at radius 2 is 2.10 bits per heavy atom. The minimum absolute atomic E-state index is 0.143. The number of anilines is 1. The molecule has 0 unspecified atom stereocenters. The number of nitrogens with one attached hydrogen (secondary N) is 1. The number of rotatable bonds is 2. The van der Waals surface area contributed by atoms with Crippen molar-refractivity contribution in [1.29, 1.82) is 0 Å². The van der Waals surface area contributed by atoms with Crippen LogP contribution >= 0.6 is 15.9 Å². The molecule has 0 aliphatic carbocycles. The Kier molecular flexibility index (Phi) is 3.80. The molecule has 20 heavy (non-hydrogen) atoms. The van der Waals surface area contributed by atoms with Gasteiger partial charge in [-0.1, -0.05) is 21.1 Å². The summed E-state index contributed by atoms with van der Waals surface area (Å²) >= 11 is 2.79. The van der Waals surface area contributed by atoms with Crippen LogP contribution < -0.4 is 5.32 Å². The lowest BCUT2D eigenvalue weighted by atomic mass is 10.1. The first kappa shape index (κ1) is 14.5. The van der Waals surface area contributed by atoms with Gasteiger partial charge in [0.05, 0.1) is 5.56 Å². The third-order valence-electron chi connectivity index (χ3n) is 2.28. The predicted octanol–water partition coefficient (Wildman–Crippen LogP) is 3.41. The summed E-state index contributed by atoms with van der Waals surface area (Å²) in [6.07, 6.45) is -4.56. The van der Waals surface area contributed by atoms with Crippen molar-refractivity contribution in [2.45, 2.75) is 13.1 Å². The van der Waals surface area contributed by atoms with Gasteiger partial charge in [-0.05, 0) is 25.1 Å². The maximum absolute atomic E-state index is 12.7. The topological polar surface area (TPSA) is 68.0 Å². The number of carbonyl (C=O) groups is 1. The molecule has 1 N–H and O–H groups in total. The second-order valence-electron chi connectivity index (χ2n) is 3.79. The number of aryl methyl sites for hydroxylation is 1. The molecule has 5 nitrogen and oxygen atoms in total. The van der Waals surface area contributed by atoms with Crippen molar-refractivity contribution >= 4 is 27.9 Å². The molecule has 106 valence electrons. The summed E-state index contributed by atoms with van der Waals surface area (Å²) in [5, 5.41) is 5.66. The molecule has 0 atom stereocenters. The zero-order chi connectivity index (χ0) is 14.9. The van der Waals surface area contributed by atoms with E-state index in [9.17, 15) is 18.0 Å². The molecule has 0 bridgehead atoms. The van der Waals surface area contributed by atoms with Crippen LogP contribution in [0.1, 0.15) is 21.7 Å². The van der Waals surface area contributed by atoms with Gasteiger partial charge in [0, 0.05) is 10.0 Å². The third-order valence-corrected chi connectivity index (χ3v) is 2.97. The minimum atomic E-state index is -4.56. The molecule has 1 amide bonds. The van der Waals surface area contributed by atoms with Crippen LogP contribution in [0.3, 0.4) is 0 Å². The number of alkyl halides is 3. The molecular formula is C11H7BrF3N3O2. The van der Waals surface area contributed by atoms with E-state index in [0.717, 1.165) is 12.1 Å². The molecule has 1 heterocycles. The van der Waals surface area contributed by atoms with Crippen molar-refractivity contribution < 1.29 is 22.5 Å². The lowest BCUT2D eigenvalue weighted by Crippen LogP contribution is -2.14. The Morgan fingerprint density at radius 1 is 1.40 bits per heavy atom. The molecule has 0 fully saturated rings. The maximum Gasteiger partial charge on any atom is 0.417 e. The lowest BCUT2D eigenvalue weighted by molar-refractivity contribution is -0.138. The Labute approximate surface area is 119 Å². The van der Waals surface area contributed by atoms with Gasteiger partial charge in [-0.25, -0.2) is 0 Å². The standard InChI is InChI=1S/C11H7BrF3N3O2/c1-5-16-10(20-18-5)17-9(19)6-2-3-8(12)7(4-6)11(13,14)15/h2-4H,1H3,(H,16,17,18,19). The number of hydrogen-bond donors (Lipinski definition) is 1. The van der Waals surface area contributed by atoms with E-state index in [0.29, 0.717) is 5.82 Å². The average Bonchev–Trinajstić information content (AvgIpc) is 2.73. The van der Waals surface area contributed by atoms with Crippen molar-refractivity contribution in [2.24, 2.45) is 0 Å². The van der Waals surface area contributed by atoms with Crippen LogP contribution in [-0.2, 0) is 6.18 Å². The molecule has 0 aliphatic heterocycles. The van der Waals surface area contributed by atoms with Gasteiger partial charge >= 0.3 is 12.2 Å². The summed E-state index contributed by atoms with van der Waals surface area (Å²) in [4.78, 5) is 15.5. The van der Waals surface area contributed by atoms with Crippen molar-refractivity contribution in [2.75, 3.05) is 5.32 Å². The van der Waals surface area contributed by atoms with E-state index in [4.69, 9.17) is 0 Å². The second-order valence-corrected chi connectivity index (χ2v) is 4.65. The van der Waals surface area contributed by atoms with Crippen LogP contribution in [0.15, 0.2) is 27.2 Å². The molecule has 0 spiro atoms. The van der Waals surface area contributed by atoms with Crippen LogP contribution in [0.25, 0.3) is 0 Å². The highest BCUT2D eigenvalue weighted by Gasteiger charge is 2.33. The smallest absolute Gasteiger partial charge is 0.315 e. The fourth-order valence-corrected chi connectivity index (χ4v) is 1.87. The number of benzene rings is 1. The summed E-state index contributed by atoms with van der Waals surface area (Å²) < 4.78 is 42.7. The van der Waals surface area contributed by atoms with E-state index in [1.165, 1.54) is 6.07 Å². The van der Waals surface area contributed by atoms with Crippen molar-refractivity contribution in [1.82, 2.24) is 10.1 Å². The largest absolute Gasteiger partial charge is 0.417 e. The zero-order valence-corrected chi connectivity index (χ0v) is 11.5. The first-order chi connectivity index (χ1) is 9.27. The van der Waals surface area contributed by atoms with Gasteiger partial charge in [0.2, 0.25) is 0 Å². The second kappa shape index (κ2) is 5.23. The Morgan fingerprint density at radius 3 is 2.65 bits per heavy atom. The molecule has 2 rings (SSSR count). The first-order valence-electron chi connectivity index (χ1n) is 5.26. The van der Waals surface area contributed by atoms with Crippen LogP contribution in [0.4, 0.5) is 19.2 Å². The van der Waals surface area contributed by atoms with Crippen LogP contribution in [-0.4, -0.2) is 16.0 Å². The summed E-state index contributed by atoms with van der Waals surface area (Å²) in [6, 6.07) is 2.96. The van der Waals surface area contributed by atoms with Crippen molar-refractivity contribution in [3.63, 3.8) is 0 Å². The number of aromatic nitrogens is 2. The van der Waals surface area contributed by atoms with Gasteiger partial charge in [-0.15, -0.1) is 0 Å². The molecular weight excluding hydrogens is 343 g/mol. The summed E-state index contributed by atoms with van der Waals surface area (Å²) in [5.74, 6) is -0.473. The number of nitrogens with zero attached hydrogens (tertiary/aromatic N) is 2. The van der Waals surface area contributed by atoms with E-state index >= 15 is 0 Å². The van der Waals surface area contributed by atoms with Gasteiger partial charge in [0.25, 0.3) is 5.91 Å². The van der Waals surface area contributed by atoms with Crippen molar-refractivity contribution in [3.8, 4) is 0 Å². The molecule has 2 aromatic rings. The van der Waals surface area contributed by atoms with Gasteiger partial charge < -0.3 is 4.52 Å². The molecule has 0 saturated heterocycles. The molecule has 9 heteroatoms. The van der Waals surface area contributed by atoms with Gasteiger partial charge in [0.1, 0.15) is 0 Å². The summed E-state index contributed by atoms with van der Waals surface area (Å²) in [6.45, 7) is 1.54. The number of amides is 1. The highest BCUT2D eigenvalue weighted by molar-refractivity contribution is 9.10. The zero-order valence-electron chi connectivity index (χ0n) is 9.95. The fraction of sp³-hybridized carbons (Fsp3) is 0.182. The highest BCUT2D eigenvalue weighted by atomic mass is 79.9. The van der Waals surface area contributed by atoms with Crippen molar-refractivity contribution in [3.05, 3.63) is 39.6 Å². The molecule has 0 radical (unpaired) electrons. The monoisotopic (exact) mass is 349 g/mol. The molecule has 1 aromatic carbocycles. The first-order valence-corrected chi connectivity index (χ1v) is 6.05. The fourth-order valence-electron chi connectivity index (χ4n) is 1.40. The molecule has 1 aromatic heterocycles. The average molecular weight is 350 g/mol. The Balaban J connectivity index is 2.27. The van der Waals surface area contributed by atoms with E-state index in [1.54, 1.807) is 6.92 Å². The normalized spacial score (nSPS) is 11.4. The number of halogens is 4. The van der Waals surface area contributed by atoms with Crippen LogP contribution in [0, 0.1) is 6.92 Å². The van der Waals surface area contributed by atoms with Gasteiger partial charge in [-0.3, -0.25) is 10.1 Å². The van der Waals surface area contributed by atoms with Gasteiger partial charge in [0.15, 0.2) is 5.82 Å². The van der Waals surface area contributed by atoms with E-state index in [-0.39, 0.29) is 16.1 Å². The molecule has 0 saturated carbocycles. The maximum atomic E-state index is 12.7. The minimum Gasteiger partial charge on any atom is -0.315 e. The van der Waals surface area contributed by atoms with Crippen LogP contribution in [0.5, 0.6) is 0 Å². The Bertz CT molecular complexity index is 655. The summed E-state index contributed by atoms with van der Waals surface area (Å²) in [7, 11) is 0. The SMILES string of the molecule is Cc1noc(NC(=O)c2ccc(Br)c(C(F)(F)F)c2)n1. The predicted molar refractivity (Wildman–Crippen MR) is 66.1 cm³/mol. The lowest BCUT2D eigenvalue weighted by Gasteiger charge is -2.10. The highest BCUT2D eigenvalue weighted by Crippen LogP contribution is 2.35.